The van der Waals surface area contributed by atoms with E-state index in [0.717, 1.165) is 24.4 Å². The minimum absolute atomic E-state index is 0.117. The molecule has 0 bridgehead atoms. The number of hydrogen-bond donors (Lipinski definition) is 2. The third-order valence-corrected chi connectivity index (χ3v) is 5.08. The molecule has 1 saturated heterocycles. The molecule has 0 aromatic heterocycles. The lowest BCUT2D eigenvalue weighted by atomic mass is 10.0. The number of morpholine rings is 1. The molecular weight excluding hydrogens is 389 g/mol. The van der Waals surface area contributed by atoms with Crippen molar-refractivity contribution in [2.75, 3.05) is 45.3 Å². The highest BCUT2D eigenvalue weighted by Crippen LogP contribution is 2.23. The summed E-state index contributed by atoms with van der Waals surface area (Å²) in [6.45, 7) is 4.54. The molecule has 0 aliphatic carbocycles. The van der Waals surface area contributed by atoms with Gasteiger partial charge in [-0.2, -0.15) is 0 Å². The van der Waals surface area contributed by atoms with Gasteiger partial charge in [-0.3, -0.25) is 14.5 Å². The van der Waals surface area contributed by atoms with Crippen molar-refractivity contribution in [2.45, 2.75) is 13.0 Å². The Kier molecular flexibility index (Phi) is 7.37. The van der Waals surface area contributed by atoms with E-state index in [2.05, 4.69) is 15.5 Å². The van der Waals surface area contributed by atoms with E-state index in [9.17, 15) is 14.0 Å². The van der Waals surface area contributed by atoms with Gasteiger partial charge in [-0.15, -0.1) is 0 Å². The van der Waals surface area contributed by atoms with Gasteiger partial charge < -0.3 is 20.1 Å². The topological polar surface area (TPSA) is 79.9 Å². The second-order valence-electron chi connectivity index (χ2n) is 7.07. The van der Waals surface area contributed by atoms with E-state index in [1.807, 2.05) is 24.3 Å². The monoisotopic (exact) mass is 415 g/mol. The minimum atomic E-state index is -0.839. The summed E-state index contributed by atoms with van der Waals surface area (Å²) in [7, 11) is 1.60. The van der Waals surface area contributed by atoms with E-state index >= 15 is 0 Å². The van der Waals surface area contributed by atoms with Crippen LogP contribution in [0.4, 0.5) is 10.1 Å². The largest absolute Gasteiger partial charge is 0.497 e. The van der Waals surface area contributed by atoms with Crippen molar-refractivity contribution in [1.29, 1.82) is 0 Å². The minimum Gasteiger partial charge on any atom is -0.497 e. The Bertz CT molecular complexity index is 882. The van der Waals surface area contributed by atoms with Crippen molar-refractivity contribution in [3.05, 3.63) is 59.4 Å². The van der Waals surface area contributed by atoms with Crippen molar-refractivity contribution in [2.24, 2.45) is 0 Å². The first-order valence-corrected chi connectivity index (χ1v) is 9.79. The molecule has 1 heterocycles. The van der Waals surface area contributed by atoms with Crippen molar-refractivity contribution in [3.8, 4) is 5.75 Å². The summed E-state index contributed by atoms with van der Waals surface area (Å²) < 4.78 is 24.3. The van der Waals surface area contributed by atoms with Gasteiger partial charge in [0.2, 0.25) is 0 Å². The van der Waals surface area contributed by atoms with E-state index in [1.165, 1.54) is 6.07 Å². The van der Waals surface area contributed by atoms with Crippen LogP contribution in [0.1, 0.15) is 17.2 Å². The molecule has 0 radical (unpaired) electrons. The fourth-order valence-corrected chi connectivity index (χ4v) is 3.30. The van der Waals surface area contributed by atoms with Crippen molar-refractivity contribution in [3.63, 3.8) is 0 Å². The zero-order valence-electron chi connectivity index (χ0n) is 17.1. The van der Waals surface area contributed by atoms with Crippen molar-refractivity contribution in [1.82, 2.24) is 10.2 Å². The summed E-state index contributed by atoms with van der Waals surface area (Å²) in [6, 6.07) is 11.8. The molecule has 1 fully saturated rings. The lowest BCUT2D eigenvalue weighted by Gasteiger charge is -2.34. The van der Waals surface area contributed by atoms with E-state index in [4.69, 9.17) is 9.47 Å². The van der Waals surface area contributed by atoms with Gasteiger partial charge in [0.15, 0.2) is 0 Å². The van der Waals surface area contributed by atoms with Crippen molar-refractivity contribution < 1.29 is 23.5 Å². The summed E-state index contributed by atoms with van der Waals surface area (Å²) in [6.07, 6.45) is 0. The molecule has 0 spiro atoms. The molecule has 3 rings (SSSR count). The van der Waals surface area contributed by atoms with Gasteiger partial charge in [-0.1, -0.05) is 18.2 Å². The van der Waals surface area contributed by atoms with Gasteiger partial charge in [0.05, 0.1) is 26.4 Å². The molecule has 30 heavy (non-hydrogen) atoms. The van der Waals surface area contributed by atoms with Crippen LogP contribution >= 0.6 is 0 Å². The Morgan fingerprint density at radius 2 is 1.83 bits per heavy atom. The first kappa shape index (κ1) is 21.7. The smallest absolute Gasteiger partial charge is 0.313 e. The standard InChI is InChI=1S/C22H26FN3O4/c1-15-3-6-17(13-19(15)23)25-22(28)21(27)24-14-20(26-9-11-30-12-10-26)16-4-7-18(29-2)8-5-16/h3-8,13,20H,9-12,14H2,1-2H3,(H,24,27)(H,25,28). The summed E-state index contributed by atoms with van der Waals surface area (Å²) in [4.78, 5) is 26.8. The molecule has 1 aliphatic heterocycles. The van der Waals surface area contributed by atoms with Crippen LogP contribution < -0.4 is 15.4 Å². The number of methoxy groups -OCH3 is 1. The fraction of sp³-hybridized carbons (Fsp3) is 0.364. The first-order chi connectivity index (χ1) is 14.5. The number of halogens is 1. The highest BCUT2D eigenvalue weighted by atomic mass is 19.1. The van der Waals surface area contributed by atoms with Gasteiger partial charge in [-0.05, 0) is 42.3 Å². The number of benzene rings is 2. The van der Waals surface area contributed by atoms with E-state index < -0.39 is 17.6 Å². The second-order valence-corrected chi connectivity index (χ2v) is 7.07. The van der Waals surface area contributed by atoms with Crippen LogP contribution in [-0.4, -0.2) is 56.7 Å². The number of ether oxygens (including phenoxy) is 2. The summed E-state index contributed by atoms with van der Waals surface area (Å²) in [5.74, 6) is -1.32. The molecule has 2 aromatic rings. The highest BCUT2D eigenvalue weighted by Gasteiger charge is 2.24. The first-order valence-electron chi connectivity index (χ1n) is 9.79. The highest BCUT2D eigenvalue weighted by molar-refractivity contribution is 6.39. The zero-order chi connectivity index (χ0) is 21.5. The van der Waals surface area contributed by atoms with Crippen molar-refractivity contribution >= 4 is 17.5 Å². The SMILES string of the molecule is COc1ccc(C(CNC(=O)C(=O)Nc2ccc(C)c(F)c2)N2CCOCC2)cc1. The summed E-state index contributed by atoms with van der Waals surface area (Å²) in [5, 5.41) is 5.12. The average Bonchev–Trinajstić information content (AvgIpc) is 2.77. The van der Waals surface area contributed by atoms with E-state index in [1.54, 1.807) is 26.2 Å². The number of nitrogens with one attached hydrogen (secondary N) is 2. The van der Waals surface area contributed by atoms with Crippen LogP contribution in [0.3, 0.4) is 0 Å². The molecule has 8 heteroatoms. The van der Waals surface area contributed by atoms with E-state index in [0.29, 0.717) is 18.8 Å². The van der Waals surface area contributed by atoms with Gasteiger partial charge in [0, 0.05) is 25.3 Å². The quantitative estimate of drug-likeness (QED) is 0.708. The van der Waals surface area contributed by atoms with Crippen LogP contribution in [0.2, 0.25) is 0 Å². The van der Waals surface area contributed by atoms with Crippen LogP contribution in [0.15, 0.2) is 42.5 Å². The number of carbonyl (C=O) groups is 2. The normalized spacial score (nSPS) is 15.3. The van der Waals surface area contributed by atoms with Gasteiger partial charge in [0.1, 0.15) is 11.6 Å². The maximum atomic E-state index is 13.7. The van der Waals surface area contributed by atoms with Crippen LogP contribution in [-0.2, 0) is 14.3 Å². The Morgan fingerprint density at radius 3 is 2.47 bits per heavy atom. The fourth-order valence-electron chi connectivity index (χ4n) is 3.30. The van der Waals surface area contributed by atoms with E-state index in [-0.39, 0.29) is 18.3 Å². The Morgan fingerprint density at radius 1 is 1.13 bits per heavy atom. The van der Waals surface area contributed by atoms with Gasteiger partial charge in [0.25, 0.3) is 0 Å². The third kappa shape index (κ3) is 5.55. The molecule has 0 saturated carbocycles. The molecule has 1 aliphatic rings. The van der Waals surface area contributed by atoms with Gasteiger partial charge in [-0.25, -0.2) is 4.39 Å². The molecule has 2 amide bonds. The van der Waals surface area contributed by atoms with Gasteiger partial charge >= 0.3 is 11.8 Å². The van der Waals surface area contributed by atoms with Crippen LogP contribution in [0.5, 0.6) is 5.75 Å². The average molecular weight is 415 g/mol. The second kappa shape index (κ2) is 10.2. The Balaban J connectivity index is 1.65. The van der Waals surface area contributed by atoms with Crippen LogP contribution in [0.25, 0.3) is 0 Å². The van der Waals surface area contributed by atoms with Crippen LogP contribution in [0, 0.1) is 12.7 Å². The molecule has 7 nitrogen and oxygen atoms in total. The molecule has 2 N–H and O–H groups in total. The maximum Gasteiger partial charge on any atom is 0.313 e. The molecule has 2 aromatic carbocycles. The number of rotatable bonds is 6. The molecular formula is C22H26FN3O4. The maximum absolute atomic E-state index is 13.7. The Hall–Kier alpha value is -2.97. The predicted octanol–water partition coefficient (Wildman–Crippen LogP) is 2.27. The summed E-state index contributed by atoms with van der Waals surface area (Å²) in [5.41, 5.74) is 1.70. The lowest BCUT2D eigenvalue weighted by Crippen LogP contribution is -2.45. The molecule has 1 atom stereocenters. The predicted molar refractivity (Wildman–Crippen MR) is 111 cm³/mol. The number of carbonyl (C=O) groups excluding carboxylic acids is 2. The third-order valence-electron chi connectivity index (χ3n) is 5.08. The number of aryl methyl sites for hydroxylation is 1. The number of amides is 2. The molecule has 1 unspecified atom stereocenters. The number of hydrogen-bond acceptors (Lipinski definition) is 5. The molecule has 160 valence electrons. The Labute approximate surface area is 175 Å². The summed E-state index contributed by atoms with van der Waals surface area (Å²) >= 11 is 0. The number of anilines is 1. The zero-order valence-corrected chi connectivity index (χ0v) is 17.1. The lowest BCUT2D eigenvalue weighted by molar-refractivity contribution is -0.136. The number of nitrogens with zero attached hydrogens (tertiary/aromatic N) is 1.